The van der Waals surface area contributed by atoms with Crippen molar-refractivity contribution in [2.75, 3.05) is 26.7 Å². The molecule has 2 aromatic rings. The predicted molar refractivity (Wildman–Crippen MR) is 97.5 cm³/mol. The average molecular weight is 328 g/mol. The van der Waals surface area contributed by atoms with Crippen LogP contribution in [0.25, 0.3) is 11.0 Å². The van der Waals surface area contributed by atoms with Crippen LogP contribution in [0.1, 0.15) is 31.2 Å². The van der Waals surface area contributed by atoms with Gasteiger partial charge in [-0.05, 0) is 76.3 Å². The third kappa shape index (κ3) is 3.03. The summed E-state index contributed by atoms with van der Waals surface area (Å²) in [6, 6.07) is 6.64. The van der Waals surface area contributed by atoms with E-state index in [1.165, 1.54) is 44.3 Å². The normalized spacial score (nSPS) is 21.7. The fourth-order valence-electron chi connectivity index (χ4n) is 4.44. The highest BCUT2D eigenvalue weighted by molar-refractivity contribution is 5.79. The maximum atomic E-state index is 12.2. The van der Waals surface area contributed by atoms with Crippen molar-refractivity contribution in [3.8, 4) is 0 Å². The molecule has 0 saturated carbocycles. The van der Waals surface area contributed by atoms with Crippen LogP contribution in [-0.4, -0.2) is 47.2 Å². The SMILES string of the molecule is CN(CCCC1CCNCC1)[C@@H]1Cc2cccc3[nH]c(=O)n(c23)C1. The van der Waals surface area contributed by atoms with Crippen LogP contribution in [0.3, 0.4) is 0 Å². The second-order valence-electron chi connectivity index (χ2n) is 7.53. The molecule has 0 spiro atoms. The van der Waals surface area contributed by atoms with Gasteiger partial charge in [0.2, 0.25) is 0 Å². The maximum Gasteiger partial charge on any atom is 0.326 e. The van der Waals surface area contributed by atoms with E-state index in [1.807, 2.05) is 10.6 Å². The van der Waals surface area contributed by atoms with E-state index in [0.717, 1.165) is 36.5 Å². The molecule has 1 fully saturated rings. The minimum absolute atomic E-state index is 0.0326. The van der Waals surface area contributed by atoms with Gasteiger partial charge in [0.25, 0.3) is 0 Å². The van der Waals surface area contributed by atoms with Gasteiger partial charge >= 0.3 is 5.69 Å². The van der Waals surface area contributed by atoms with Gasteiger partial charge in [-0.15, -0.1) is 0 Å². The van der Waals surface area contributed by atoms with Crippen molar-refractivity contribution in [2.24, 2.45) is 5.92 Å². The van der Waals surface area contributed by atoms with Gasteiger partial charge in [0.1, 0.15) is 0 Å². The highest BCUT2D eigenvalue weighted by Gasteiger charge is 2.25. The molecular formula is C19H28N4O. The molecule has 0 radical (unpaired) electrons. The van der Waals surface area contributed by atoms with Gasteiger partial charge in [-0.25, -0.2) is 4.79 Å². The number of nitrogens with zero attached hydrogens (tertiary/aromatic N) is 2. The molecule has 5 nitrogen and oxygen atoms in total. The second-order valence-corrected chi connectivity index (χ2v) is 7.53. The van der Waals surface area contributed by atoms with Gasteiger partial charge in [0.05, 0.1) is 11.0 Å². The summed E-state index contributed by atoms with van der Waals surface area (Å²) in [5.74, 6) is 0.902. The standard InChI is InChI=1S/C19H28N4O/c1-22(11-3-4-14-7-9-20-10-8-14)16-12-15-5-2-6-17-18(15)23(13-16)19(24)21-17/h2,5-6,14,16,20H,3-4,7-13H2,1H3,(H,21,24)/t16-/m1/s1. The number of aromatic nitrogens is 2. The number of piperidine rings is 1. The molecule has 1 atom stereocenters. The lowest BCUT2D eigenvalue weighted by molar-refractivity contribution is 0.202. The number of nitrogens with one attached hydrogen (secondary N) is 2. The third-order valence-electron chi connectivity index (χ3n) is 5.93. The smallest absolute Gasteiger partial charge is 0.317 e. The monoisotopic (exact) mass is 328 g/mol. The molecule has 0 bridgehead atoms. The van der Waals surface area contributed by atoms with Crippen molar-refractivity contribution in [1.29, 1.82) is 0 Å². The van der Waals surface area contributed by atoms with Crippen molar-refractivity contribution in [2.45, 2.75) is 44.7 Å². The Morgan fingerprint density at radius 1 is 1.29 bits per heavy atom. The van der Waals surface area contributed by atoms with Gasteiger partial charge in [0.15, 0.2) is 0 Å². The highest BCUT2D eigenvalue weighted by atomic mass is 16.1. The zero-order valence-electron chi connectivity index (χ0n) is 14.6. The Bertz CT molecular complexity index is 756. The van der Waals surface area contributed by atoms with Crippen LogP contribution < -0.4 is 11.0 Å². The van der Waals surface area contributed by atoms with Crippen LogP contribution in [-0.2, 0) is 13.0 Å². The summed E-state index contributed by atoms with van der Waals surface area (Å²) in [7, 11) is 2.22. The molecule has 1 aromatic carbocycles. The summed E-state index contributed by atoms with van der Waals surface area (Å²) in [4.78, 5) is 17.7. The molecule has 2 aliphatic heterocycles. The zero-order valence-corrected chi connectivity index (χ0v) is 14.6. The summed E-state index contributed by atoms with van der Waals surface area (Å²) >= 11 is 0. The number of aromatic amines is 1. The number of benzene rings is 1. The van der Waals surface area contributed by atoms with Crippen molar-refractivity contribution >= 4 is 11.0 Å². The van der Waals surface area contributed by atoms with Crippen molar-refractivity contribution in [1.82, 2.24) is 19.8 Å². The van der Waals surface area contributed by atoms with Crippen LogP contribution in [0.15, 0.2) is 23.0 Å². The maximum absolute atomic E-state index is 12.2. The van der Waals surface area contributed by atoms with E-state index in [9.17, 15) is 4.79 Å². The van der Waals surface area contributed by atoms with Crippen molar-refractivity contribution in [3.63, 3.8) is 0 Å². The van der Waals surface area contributed by atoms with Crippen LogP contribution in [0.5, 0.6) is 0 Å². The number of H-pyrrole nitrogens is 1. The van der Waals surface area contributed by atoms with E-state index < -0.39 is 0 Å². The fraction of sp³-hybridized carbons (Fsp3) is 0.632. The lowest BCUT2D eigenvalue weighted by Gasteiger charge is -2.32. The number of rotatable bonds is 5. The summed E-state index contributed by atoms with van der Waals surface area (Å²) < 4.78 is 1.93. The van der Waals surface area contributed by atoms with Crippen molar-refractivity contribution < 1.29 is 0 Å². The third-order valence-corrected chi connectivity index (χ3v) is 5.93. The number of para-hydroxylation sites is 1. The fourth-order valence-corrected chi connectivity index (χ4v) is 4.44. The number of hydrogen-bond acceptors (Lipinski definition) is 3. The summed E-state index contributed by atoms with van der Waals surface area (Å²) in [6.45, 7) is 4.30. The van der Waals surface area contributed by atoms with E-state index in [4.69, 9.17) is 0 Å². The molecule has 1 aromatic heterocycles. The molecule has 1 saturated heterocycles. The Kier molecular flexibility index (Phi) is 4.46. The zero-order chi connectivity index (χ0) is 16.5. The van der Waals surface area contributed by atoms with E-state index in [0.29, 0.717) is 6.04 Å². The lowest BCUT2D eigenvalue weighted by atomic mass is 9.93. The van der Waals surface area contributed by atoms with E-state index >= 15 is 0 Å². The van der Waals surface area contributed by atoms with E-state index in [2.05, 4.69) is 34.4 Å². The molecule has 4 rings (SSSR count). The number of likely N-dealkylation sites (N-methyl/N-ethyl adjacent to an activating group) is 1. The minimum atomic E-state index is 0.0326. The molecule has 3 heterocycles. The first kappa shape index (κ1) is 15.9. The van der Waals surface area contributed by atoms with Gasteiger partial charge in [-0.3, -0.25) is 4.57 Å². The van der Waals surface area contributed by atoms with Crippen LogP contribution in [0, 0.1) is 5.92 Å². The van der Waals surface area contributed by atoms with Crippen LogP contribution in [0.2, 0.25) is 0 Å². The number of hydrogen-bond donors (Lipinski definition) is 2. The largest absolute Gasteiger partial charge is 0.326 e. The van der Waals surface area contributed by atoms with Gasteiger partial charge in [-0.1, -0.05) is 12.1 Å². The molecular weight excluding hydrogens is 300 g/mol. The molecule has 0 amide bonds. The average Bonchev–Trinajstić information content (AvgIpc) is 2.93. The lowest BCUT2D eigenvalue weighted by Crippen LogP contribution is -2.42. The second kappa shape index (κ2) is 6.73. The Morgan fingerprint density at radius 3 is 2.96 bits per heavy atom. The van der Waals surface area contributed by atoms with Crippen LogP contribution >= 0.6 is 0 Å². The number of imidazole rings is 1. The first-order chi connectivity index (χ1) is 11.7. The Labute approximate surface area is 143 Å². The first-order valence-corrected chi connectivity index (χ1v) is 9.34. The predicted octanol–water partition coefficient (Wildman–Crippen LogP) is 1.97. The molecule has 0 unspecified atom stereocenters. The van der Waals surface area contributed by atoms with Gasteiger partial charge < -0.3 is 15.2 Å². The van der Waals surface area contributed by atoms with E-state index in [-0.39, 0.29) is 5.69 Å². The molecule has 130 valence electrons. The minimum Gasteiger partial charge on any atom is -0.317 e. The van der Waals surface area contributed by atoms with Crippen molar-refractivity contribution in [3.05, 3.63) is 34.2 Å². The van der Waals surface area contributed by atoms with E-state index in [1.54, 1.807) is 0 Å². The van der Waals surface area contributed by atoms with Crippen LogP contribution in [0.4, 0.5) is 0 Å². The quantitative estimate of drug-likeness (QED) is 0.882. The topological polar surface area (TPSA) is 53.1 Å². The van der Waals surface area contributed by atoms with Gasteiger partial charge in [-0.2, -0.15) is 0 Å². The molecule has 0 aliphatic carbocycles. The Morgan fingerprint density at radius 2 is 2.12 bits per heavy atom. The first-order valence-electron chi connectivity index (χ1n) is 9.34. The molecule has 24 heavy (non-hydrogen) atoms. The summed E-state index contributed by atoms with van der Waals surface area (Å²) in [5, 5.41) is 3.44. The summed E-state index contributed by atoms with van der Waals surface area (Å²) in [5.41, 5.74) is 3.42. The molecule has 5 heteroatoms. The molecule has 2 aliphatic rings. The Hall–Kier alpha value is -1.59. The highest BCUT2D eigenvalue weighted by Crippen LogP contribution is 2.25. The van der Waals surface area contributed by atoms with Gasteiger partial charge in [0, 0.05) is 12.6 Å². The summed E-state index contributed by atoms with van der Waals surface area (Å²) in [6.07, 6.45) is 6.30. The molecule has 2 N–H and O–H groups in total. The Balaban J connectivity index is 1.38.